The highest BCUT2D eigenvalue weighted by atomic mass is 16.2. The minimum atomic E-state index is -0.200. The standard InChI is InChI=1S/C13H15N5O.C6H6/c1-18-8-14-7-11(18)10-5-6-15-12(17-10)13(19)16-9-3-2-4-9;1-2-4-6-5-3-1/h5-9H,2-4H2,1H3,(H,16,19);1-6H. The highest BCUT2D eigenvalue weighted by Gasteiger charge is 2.21. The zero-order valence-corrected chi connectivity index (χ0v) is 14.2. The molecule has 2 aromatic heterocycles. The normalized spacial score (nSPS) is 13.3. The Morgan fingerprint density at radius 3 is 2.36 bits per heavy atom. The molecule has 1 aliphatic rings. The summed E-state index contributed by atoms with van der Waals surface area (Å²) in [5.74, 6) is 0.0133. The minimum absolute atomic E-state index is 0.200. The molecule has 0 spiro atoms. The van der Waals surface area contributed by atoms with Crippen LogP contribution in [-0.4, -0.2) is 31.5 Å². The Labute approximate surface area is 147 Å². The third kappa shape index (κ3) is 4.50. The predicted octanol–water partition coefficient (Wildman–Crippen LogP) is 2.85. The molecule has 1 N–H and O–H groups in total. The number of aryl methyl sites for hydroxylation is 1. The molecule has 0 saturated heterocycles. The average Bonchev–Trinajstić information content (AvgIpc) is 3.06. The SMILES string of the molecule is Cn1cncc1-c1ccnc(C(=O)NC2CCC2)n1.c1ccccc1. The van der Waals surface area contributed by atoms with Crippen molar-refractivity contribution in [2.75, 3.05) is 0 Å². The lowest BCUT2D eigenvalue weighted by atomic mass is 9.93. The maximum Gasteiger partial charge on any atom is 0.289 e. The molecule has 2 heterocycles. The predicted molar refractivity (Wildman–Crippen MR) is 95.8 cm³/mol. The number of hydrogen-bond donors (Lipinski definition) is 1. The van der Waals surface area contributed by atoms with Gasteiger partial charge in [0.25, 0.3) is 5.91 Å². The molecular weight excluding hydrogens is 314 g/mol. The van der Waals surface area contributed by atoms with Crippen molar-refractivity contribution in [3.63, 3.8) is 0 Å². The van der Waals surface area contributed by atoms with Gasteiger partial charge in [0, 0.05) is 19.3 Å². The summed E-state index contributed by atoms with van der Waals surface area (Å²) in [6.07, 6.45) is 8.30. The molecule has 0 atom stereocenters. The number of benzene rings is 1. The van der Waals surface area contributed by atoms with Crippen LogP contribution >= 0.6 is 0 Å². The number of rotatable bonds is 3. The second kappa shape index (κ2) is 8.19. The molecule has 3 aromatic rings. The van der Waals surface area contributed by atoms with Gasteiger partial charge < -0.3 is 9.88 Å². The van der Waals surface area contributed by atoms with Crippen molar-refractivity contribution < 1.29 is 4.79 Å². The number of nitrogens with zero attached hydrogens (tertiary/aromatic N) is 4. The third-order valence-electron chi connectivity index (χ3n) is 4.04. The first kappa shape index (κ1) is 16.8. The summed E-state index contributed by atoms with van der Waals surface area (Å²) in [4.78, 5) is 24.4. The van der Waals surface area contributed by atoms with Gasteiger partial charge in [0.05, 0.1) is 23.9 Å². The quantitative estimate of drug-likeness (QED) is 0.799. The van der Waals surface area contributed by atoms with Gasteiger partial charge in [-0.1, -0.05) is 36.4 Å². The van der Waals surface area contributed by atoms with Crippen molar-refractivity contribution in [2.24, 2.45) is 7.05 Å². The van der Waals surface area contributed by atoms with Crippen molar-refractivity contribution in [1.82, 2.24) is 24.8 Å². The molecule has 0 bridgehead atoms. The largest absolute Gasteiger partial charge is 0.347 e. The van der Waals surface area contributed by atoms with Crippen LogP contribution in [0.15, 0.2) is 61.2 Å². The number of aromatic nitrogens is 4. The van der Waals surface area contributed by atoms with Crippen LogP contribution in [0.1, 0.15) is 29.9 Å². The summed E-state index contributed by atoms with van der Waals surface area (Å²) < 4.78 is 1.86. The van der Waals surface area contributed by atoms with Crippen LogP contribution in [0.25, 0.3) is 11.4 Å². The molecule has 1 fully saturated rings. The lowest BCUT2D eigenvalue weighted by molar-refractivity contribution is 0.0906. The fraction of sp³-hybridized carbons (Fsp3) is 0.263. The Hall–Kier alpha value is -3.02. The van der Waals surface area contributed by atoms with Gasteiger partial charge in [-0.2, -0.15) is 0 Å². The van der Waals surface area contributed by atoms with Gasteiger partial charge in [-0.15, -0.1) is 0 Å². The molecule has 0 unspecified atom stereocenters. The maximum absolute atomic E-state index is 12.0. The Morgan fingerprint density at radius 1 is 1.16 bits per heavy atom. The van der Waals surface area contributed by atoms with E-state index in [1.165, 1.54) is 6.42 Å². The summed E-state index contributed by atoms with van der Waals surface area (Å²) in [6.45, 7) is 0. The van der Waals surface area contributed by atoms with E-state index in [9.17, 15) is 4.79 Å². The molecule has 1 amide bonds. The smallest absolute Gasteiger partial charge is 0.289 e. The number of nitrogens with one attached hydrogen (secondary N) is 1. The zero-order chi connectivity index (χ0) is 17.5. The third-order valence-corrected chi connectivity index (χ3v) is 4.04. The average molecular weight is 335 g/mol. The molecular formula is C19H21N5O. The Kier molecular flexibility index (Phi) is 5.51. The van der Waals surface area contributed by atoms with E-state index < -0.39 is 0 Å². The van der Waals surface area contributed by atoms with Gasteiger partial charge in [0.15, 0.2) is 0 Å². The molecule has 0 radical (unpaired) electrons. The van der Waals surface area contributed by atoms with Crippen LogP contribution in [0.2, 0.25) is 0 Å². The van der Waals surface area contributed by atoms with Crippen molar-refractivity contribution in [2.45, 2.75) is 25.3 Å². The van der Waals surface area contributed by atoms with Gasteiger partial charge in [-0.05, 0) is 25.3 Å². The second-order valence-corrected chi connectivity index (χ2v) is 5.91. The summed E-state index contributed by atoms with van der Waals surface area (Å²) in [5.41, 5.74) is 1.56. The molecule has 6 nitrogen and oxygen atoms in total. The number of amides is 1. The van der Waals surface area contributed by atoms with E-state index >= 15 is 0 Å². The van der Waals surface area contributed by atoms with Gasteiger partial charge in [-0.25, -0.2) is 15.0 Å². The molecule has 1 aromatic carbocycles. The summed E-state index contributed by atoms with van der Waals surface area (Å²) in [7, 11) is 1.89. The van der Waals surface area contributed by atoms with Crippen molar-refractivity contribution in [3.8, 4) is 11.4 Å². The van der Waals surface area contributed by atoms with Crippen molar-refractivity contribution >= 4 is 5.91 Å². The Balaban J connectivity index is 0.000000258. The second-order valence-electron chi connectivity index (χ2n) is 5.91. The zero-order valence-electron chi connectivity index (χ0n) is 14.2. The van der Waals surface area contributed by atoms with Crippen LogP contribution in [0, 0.1) is 0 Å². The molecule has 25 heavy (non-hydrogen) atoms. The maximum atomic E-state index is 12.0. The Morgan fingerprint density at radius 2 is 1.84 bits per heavy atom. The molecule has 128 valence electrons. The van der Waals surface area contributed by atoms with Crippen molar-refractivity contribution in [1.29, 1.82) is 0 Å². The lowest BCUT2D eigenvalue weighted by Gasteiger charge is -2.25. The van der Waals surface area contributed by atoms with Gasteiger partial charge in [0.2, 0.25) is 5.82 Å². The lowest BCUT2D eigenvalue weighted by Crippen LogP contribution is -2.40. The molecule has 4 rings (SSSR count). The van der Waals surface area contributed by atoms with Gasteiger partial charge >= 0.3 is 0 Å². The van der Waals surface area contributed by atoms with Crippen LogP contribution < -0.4 is 5.32 Å². The van der Waals surface area contributed by atoms with Crippen molar-refractivity contribution in [3.05, 3.63) is 67.0 Å². The summed E-state index contributed by atoms with van der Waals surface area (Å²) in [6, 6.07) is 14.1. The molecule has 6 heteroatoms. The van der Waals surface area contributed by atoms with E-state index in [-0.39, 0.29) is 17.8 Å². The number of hydrogen-bond acceptors (Lipinski definition) is 4. The van der Waals surface area contributed by atoms with Gasteiger partial charge in [0.1, 0.15) is 0 Å². The van der Waals surface area contributed by atoms with Crippen LogP contribution in [0.4, 0.5) is 0 Å². The number of carbonyl (C=O) groups is 1. The van der Waals surface area contributed by atoms with Crippen LogP contribution in [-0.2, 0) is 7.05 Å². The fourth-order valence-electron chi connectivity index (χ4n) is 2.40. The van der Waals surface area contributed by atoms with E-state index in [4.69, 9.17) is 0 Å². The number of imidazole rings is 1. The topological polar surface area (TPSA) is 72.7 Å². The van der Waals surface area contributed by atoms with E-state index in [2.05, 4.69) is 20.3 Å². The summed E-state index contributed by atoms with van der Waals surface area (Å²) in [5, 5.41) is 2.93. The van der Waals surface area contributed by atoms with E-state index in [0.717, 1.165) is 18.5 Å². The van der Waals surface area contributed by atoms with E-state index in [1.54, 1.807) is 24.8 Å². The first-order valence-electron chi connectivity index (χ1n) is 8.34. The first-order valence-corrected chi connectivity index (χ1v) is 8.34. The minimum Gasteiger partial charge on any atom is -0.347 e. The summed E-state index contributed by atoms with van der Waals surface area (Å²) >= 11 is 0. The fourth-order valence-corrected chi connectivity index (χ4v) is 2.40. The monoisotopic (exact) mass is 335 g/mol. The number of carbonyl (C=O) groups excluding carboxylic acids is 1. The Bertz CT molecular complexity index is 785. The molecule has 0 aliphatic heterocycles. The molecule has 1 saturated carbocycles. The van der Waals surface area contributed by atoms with Crippen LogP contribution in [0.5, 0.6) is 0 Å². The molecule has 1 aliphatic carbocycles. The van der Waals surface area contributed by atoms with E-state index in [0.29, 0.717) is 5.69 Å². The highest BCUT2D eigenvalue weighted by molar-refractivity contribution is 5.91. The van der Waals surface area contributed by atoms with Gasteiger partial charge in [-0.3, -0.25) is 4.79 Å². The van der Waals surface area contributed by atoms with Crippen LogP contribution in [0.3, 0.4) is 0 Å². The van der Waals surface area contributed by atoms with E-state index in [1.807, 2.05) is 48.0 Å². The first-order chi connectivity index (χ1) is 12.2. The highest BCUT2D eigenvalue weighted by Crippen LogP contribution is 2.19.